The molecule has 1 fully saturated rings. The van der Waals surface area contributed by atoms with Crippen molar-refractivity contribution in [2.24, 2.45) is 0 Å². The standard InChI is InChI=1S/C21H25N3O3/c25-17-20(15-18-7-3-1-4-8-18)22-21(26)24(23-11-13-27-14-12-23)16-19-9-5-2-6-10-19/h1-10,17,20H,11-16H2,(H,22,26)/t20-/m0/s1. The predicted molar refractivity (Wildman–Crippen MR) is 103 cm³/mol. The Bertz CT molecular complexity index is 718. The van der Waals surface area contributed by atoms with Gasteiger partial charge in [-0.1, -0.05) is 60.7 Å². The quantitative estimate of drug-likeness (QED) is 0.763. The van der Waals surface area contributed by atoms with E-state index in [0.717, 1.165) is 17.4 Å². The molecule has 27 heavy (non-hydrogen) atoms. The van der Waals surface area contributed by atoms with E-state index >= 15 is 0 Å². The van der Waals surface area contributed by atoms with Gasteiger partial charge in [0.25, 0.3) is 0 Å². The molecule has 1 aliphatic rings. The van der Waals surface area contributed by atoms with Crippen LogP contribution in [0.5, 0.6) is 0 Å². The van der Waals surface area contributed by atoms with Crippen molar-refractivity contribution in [2.75, 3.05) is 26.3 Å². The summed E-state index contributed by atoms with van der Waals surface area (Å²) in [7, 11) is 0. The minimum absolute atomic E-state index is 0.270. The SMILES string of the molecule is O=C[C@H](Cc1ccccc1)NC(=O)N(Cc1ccccc1)N1CCOCC1. The summed E-state index contributed by atoms with van der Waals surface area (Å²) in [4.78, 5) is 24.5. The molecule has 6 nitrogen and oxygen atoms in total. The summed E-state index contributed by atoms with van der Waals surface area (Å²) in [6, 6.07) is 18.7. The van der Waals surface area contributed by atoms with Crippen LogP contribution in [-0.4, -0.2) is 54.7 Å². The van der Waals surface area contributed by atoms with Gasteiger partial charge >= 0.3 is 6.03 Å². The van der Waals surface area contributed by atoms with Crippen LogP contribution < -0.4 is 5.32 Å². The molecule has 0 radical (unpaired) electrons. The van der Waals surface area contributed by atoms with Crippen LogP contribution in [0, 0.1) is 0 Å². The van der Waals surface area contributed by atoms with Crippen LogP contribution in [0.15, 0.2) is 60.7 Å². The number of benzene rings is 2. The maximum Gasteiger partial charge on any atom is 0.332 e. The van der Waals surface area contributed by atoms with Gasteiger partial charge in [-0.25, -0.2) is 9.80 Å². The molecule has 1 aliphatic heterocycles. The zero-order valence-corrected chi connectivity index (χ0v) is 15.3. The molecule has 1 saturated heterocycles. The molecule has 0 bridgehead atoms. The minimum atomic E-state index is -0.570. The Labute approximate surface area is 159 Å². The molecule has 0 aromatic heterocycles. The topological polar surface area (TPSA) is 61.9 Å². The molecule has 1 heterocycles. The van der Waals surface area contributed by atoms with E-state index in [9.17, 15) is 9.59 Å². The average molecular weight is 367 g/mol. The predicted octanol–water partition coefficient (Wildman–Crippen LogP) is 2.26. The Balaban J connectivity index is 1.69. The summed E-state index contributed by atoms with van der Waals surface area (Å²) >= 11 is 0. The minimum Gasteiger partial charge on any atom is -0.379 e. The third-order valence-corrected chi connectivity index (χ3v) is 4.51. The molecule has 2 aromatic rings. The van der Waals surface area contributed by atoms with Crippen LogP contribution in [0.3, 0.4) is 0 Å². The number of rotatable bonds is 7. The highest BCUT2D eigenvalue weighted by molar-refractivity contribution is 5.78. The molecule has 3 rings (SSSR count). The Kier molecular flexibility index (Phi) is 6.96. The molecule has 2 aromatic carbocycles. The number of morpholine rings is 1. The molecular formula is C21H25N3O3. The zero-order chi connectivity index (χ0) is 18.9. The van der Waals surface area contributed by atoms with E-state index < -0.39 is 6.04 Å². The Morgan fingerprint density at radius 3 is 2.22 bits per heavy atom. The van der Waals surface area contributed by atoms with Gasteiger partial charge < -0.3 is 14.8 Å². The molecule has 6 heteroatoms. The highest BCUT2D eigenvalue weighted by atomic mass is 16.5. The van der Waals surface area contributed by atoms with Crippen molar-refractivity contribution in [3.63, 3.8) is 0 Å². The second-order valence-electron chi connectivity index (χ2n) is 6.49. The van der Waals surface area contributed by atoms with E-state index in [-0.39, 0.29) is 6.03 Å². The van der Waals surface area contributed by atoms with E-state index in [2.05, 4.69) is 5.32 Å². The van der Waals surface area contributed by atoms with E-state index in [0.29, 0.717) is 39.3 Å². The summed E-state index contributed by atoms with van der Waals surface area (Å²) in [6.07, 6.45) is 1.27. The zero-order valence-electron chi connectivity index (χ0n) is 15.3. The van der Waals surface area contributed by atoms with Crippen molar-refractivity contribution in [3.05, 3.63) is 71.8 Å². The van der Waals surface area contributed by atoms with E-state index in [1.165, 1.54) is 0 Å². The second kappa shape index (κ2) is 9.85. The molecular weight excluding hydrogens is 342 g/mol. The lowest BCUT2D eigenvalue weighted by Gasteiger charge is -2.37. The Morgan fingerprint density at radius 1 is 1.04 bits per heavy atom. The van der Waals surface area contributed by atoms with Crippen LogP contribution in [-0.2, 0) is 22.5 Å². The maximum absolute atomic E-state index is 13.0. The van der Waals surface area contributed by atoms with Gasteiger partial charge in [-0.2, -0.15) is 0 Å². The lowest BCUT2D eigenvalue weighted by atomic mass is 10.1. The first-order valence-corrected chi connectivity index (χ1v) is 9.20. The maximum atomic E-state index is 13.0. The average Bonchev–Trinajstić information content (AvgIpc) is 2.73. The number of carbonyl (C=O) groups is 2. The van der Waals surface area contributed by atoms with Crippen LogP contribution in [0.4, 0.5) is 4.79 Å². The summed E-state index contributed by atoms with van der Waals surface area (Å²) in [5.41, 5.74) is 2.04. The molecule has 0 saturated carbocycles. The van der Waals surface area contributed by atoms with E-state index in [1.54, 1.807) is 5.01 Å². The van der Waals surface area contributed by atoms with Crippen molar-refractivity contribution < 1.29 is 14.3 Å². The lowest BCUT2D eigenvalue weighted by Crippen LogP contribution is -2.56. The van der Waals surface area contributed by atoms with Gasteiger partial charge in [0.05, 0.1) is 25.8 Å². The van der Waals surface area contributed by atoms with Crippen molar-refractivity contribution in [1.82, 2.24) is 15.3 Å². The van der Waals surface area contributed by atoms with Gasteiger partial charge in [-0.3, -0.25) is 5.01 Å². The van der Waals surface area contributed by atoms with E-state index in [1.807, 2.05) is 65.7 Å². The van der Waals surface area contributed by atoms with Gasteiger partial charge in [0.1, 0.15) is 6.29 Å². The molecule has 1 atom stereocenters. The Hall–Kier alpha value is -2.70. The smallest absolute Gasteiger partial charge is 0.332 e. The first-order chi connectivity index (χ1) is 13.3. The summed E-state index contributed by atoms with van der Waals surface area (Å²) in [5, 5.41) is 6.53. The molecule has 0 unspecified atom stereocenters. The molecule has 142 valence electrons. The number of nitrogens with one attached hydrogen (secondary N) is 1. The number of amides is 2. The third-order valence-electron chi connectivity index (χ3n) is 4.51. The number of hydrogen-bond donors (Lipinski definition) is 1. The summed E-state index contributed by atoms with van der Waals surface area (Å²) in [5.74, 6) is 0. The first-order valence-electron chi connectivity index (χ1n) is 9.20. The molecule has 2 amide bonds. The van der Waals surface area contributed by atoms with E-state index in [4.69, 9.17) is 4.74 Å². The summed E-state index contributed by atoms with van der Waals surface area (Å²) in [6.45, 7) is 2.90. The van der Waals surface area contributed by atoms with Crippen LogP contribution >= 0.6 is 0 Å². The van der Waals surface area contributed by atoms with Gasteiger partial charge in [0, 0.05) is 13.1 Å². The van der Waals surface area contributed by atoms with Gasteiger partial charge in [0.15, 0.2) is 0 Å². The Morgan fingerprint density at radius 2 is 1.63 bits per heavy atom. The lowest BCUT2D eigenvalue weighted by molar-refractivity contribution is -0.109. The van der Waals surface area contributed by atoms with Crippen molar-refractivity contribution in [3.8, 4) is 0 Å². The first kappa shape index (κ1) is 19.1. The summed E-state index contributed by atoms with van der Waals surface area (Å²) < 4.78 is 5.40. The number of hydrazine groups is 1. The highest BCUT2D eigenvalue weighted by Crippen LogP contribution is 2.11. The monoisotopic (exact) mass is 367 g/mol. The van der Waals surface area contributed by atoms with Crippen LogP contribution in [0.2, 0.25) is 0 Å². The fourth-order valence-corrected chi connectivity index (χ4v) is 3.09. The largest absolute Gasteiger partial charge is 0.379 e. The fourth-order valence-electron chi connectivity index (χ4n) is 3.09. The van der Waals surface area contributed by atoms with Crippen LogP contribution in [0.25, 0.3) is 0 Å². The van der Waals surface area contributed by atoms with Gasteiger partial charge in [0.2, 0.25) is 0 Å². The van der Waals surface area contributed by atoms with Gasteiger partial charge in [-0.15, -0.1) is 0 Å². The number of carbonyl (C=O) groups excluding carboxylic acids is 2. The number of aldehydes is 1. The van der Waals surface area contributed by atoms with Crippen molar-refractivity contribution in [2.45, 2.75) is 19.0 Å². The number of ether oxygens (including phenoxy) is 1. The molecule has 0 aliphatic carbocycles. The van der Waals surface area contributed by atoms with Gasteiger partial charge in [-0.05, 0) is 17.5 Å². The molecule has 1 N–H and O–H groups in total. The van der Waals surface area contributed by atoms with Crippen molar-refractivity contribution >= 4 is 12.3 Å². The molecule has 0 spiro atoms. The second-order valence-corrected chi connectivity index (χ2v) is 6.49. The highest BCUT2D eigenvalue weighted by Gasteiger charge is 2.25. The number of hydrogen-bond acceptors (Lipinski definition) is 4. The normalized spacial score (nSPS) is 15.7. The fraction of sp³-hybridized carbons (Fsp3) is 0.333. The third kappa shape index (κ3) is 5.64. The number of nitrogens with zero attached hydrogens (tertiary/aromatic N) is 2. The van der Waals surface area contributed by atoms with Crippen molar-refractivity contribution in [1.29, 1.82) is 0 Å². The van der Waals surface area contributed by atoms with Crippen LogP contribution in [0.1, 0.15) is 11.1 Å². The number of urea groups is 1.